The Kier molecular flexibility index (Phi) is 5.95. The van der Waals surface area contributed by atoms with Crippen molar-refractivity contribution >= 4 is 5.82 Å². The lowest BCUT2D eigenvalue weighted by atomic mass is 10.1. The van der Waals surface area contributed by atoms with Crippen LogP contribution in [0.15, 0.2) is 48.8 Å². The van der Waals surface area contributed by atoms with Gasteiger partial charge < -0.3 is 24.3 Å². The minimum absolute atomic E-state index is 0.191. The molecule has 0 radical (unpaired) electrons. The molecule has 0 saturated carbocycles. The molecule has 168 valence electrons. The van der Waals surface area contributed by atoms with Gasteiger partial charge in [0.15, 0.2) is 0 Å². The second kappa shape index (κ2) is 8.83. The van der Waals surface area contributed by atoms with Crippen molar-refractivity contribution < 1.29 is 32.3 Å². The summed E-state index contributed by atoms with van der Waals surface area (Å²) in [7, 11) is 0. The van der Waals surface area contributed by atoms with Crippen molar-refractivity contribution in [3.05, 3.63) is 64.6 Å². The van der Waals surface area contributed by atoms with E-state index in [4.69, 9.17) is 14.2 Å². The van der Waals surface area contributed by atoms with Gasteiger partial charge in [-0.3, -0.25) is 9.55 Å². The number of hydrogen-bond acceptors (Lipinski definition) is 7. The summed E-state index contributed by atoms with van der Waals surface area (Å²) in [5, 5.41) is 10.8. The first kappa shape index (κ1) is 21.6. The number of fused-ring (bicyclic) bond motifs is 1. The molecular formula is C20H17F3N4O5. The molecule has 9 nitrogen and oxygen atoms in total. The molecule has 0 fully saturated rings. The van der Waals surface area contributed by atoms with Crippen LogP contribution in [0.4, 0.5) is 19.0 Å². The Bertz CT molecular complexity index is 1080. The van der Waals surface area contributed by atoms with E-state index in [9.17, 15) is 23.3 Å². The van der Waals surface area contributed by atoms with E-state index in [0.29, 0.717) is 23.4 Å². The summed E-state index contributed by atoms with van der Waals surface area (Å²) in [6.07, 6.45) is -2.29. The van der Waals surface area contributed by atoms with Crippen LogP contribution < -0.4 is 9.47 Å². The standard InChI is InChI=1S/C20H17F3N4O5/c21-20(22,23)17-6-3-14(9-24-17)13-1-4-15(5-2-13)30-7-8-31-16-10-26-11-18(27(28)29)25-19(26)32-12-16/h1-6,9,11,16H,7-8,10,12H2/t16-/m0/s1. The Labute approximate surface area is 179 Å². The summed E-state index contributed by atoms with van der Waals surface area (Å²) >= 11 is 0. The highest BCUT2D eigenvalue weighted by Crippen LogP contribution is 2.29. The lowest BCUT2D eigenvalue weighted by molar-refractivity contribution is -0.389. The Hall–Kier alpha value is -3.67. The molecule has 0 unspecified atom stereocenters. The van der Waals surface area contributed by atoms with E-state index in [1.165, 1.54) is 23.0 Å². The SMILES string of the molecule is O=[N+]([O-])c1cn2c(n1)OC[C@@H](OCCOc1ccc(-c3ccc(C(F)(F)F)nc3)cc1)C2. The number of halogens is 3. The summed E-state index contributed by atoms with van der Waals surface area (Å²) in [6.45, 7) is 1.13. The van der Waals surface area contributed by atoms with Gasteiger partial charge in [0.05, 0.1) is 13.2 Å². The Balaban J connectivity index is 1.24. The van der Waals surface area contributed by atoms with E-state index < -0.39 is 16.8 Å². The van der Waals surface area contributed by atoms with Crippen LogP contribution in [0.1, 0.15) is 5.69 Å². The van der Waals surface area contributed by atoms with Crippen molar-refractivity contribution in [1.82, 2.24) is 14.5 Å². The minimum atomic E-state index is -4.47. The topological polar surface area (TPSA) is 102 Å². The highest BCUT2D eigenvalue weighted by atomic mass is 19.4. The summed E-state index contributed by atoms with van der Waals surface area (Å²) < 4.78 is 56.1. The Morgan fingerprint density at radius 3 is 2.56 bits per heavy atom. The second-order valence-corrected chi connectivity index (χ2v) is 6.90. The zero-order valence-electron chi connectivity index (χ0n) is 16.5. The molecule has 1 aromatic carbocycles. The first-order valence-corrected chi connectivity index (χ1v) is 9.52. The lowest BCUT2D eigenvalue weighted by Crippen LogP contribution is -2.33. The molecule has 0 spiro atoms. The summed E-state index contributed by atoms with van der Waals surface area (Å²) in [5.41, 5.74) is 0.329. The van der Waals surface area contributed by atoms with Crippen LogP contribution in [-0.4, -0.2) is 45.4 Å². The number of benzene rings is 1. The molecule has 1 atom stereocenters. The van der Waals surface area contributed by atoms with Crippen LogP contribution in [0, 0.1) is 10.1 Å². The first-order chi connectivity index (χ1) is 15.3. The van der Waals surface area contributed by atoms with Crippen LogP contribution in [0.2, 0.25) is 0 Å². The molecule has 0 amide bonds. The van der Waals surface area contributed by atoms with Gasteiger partial charge in [0.2, 0.25) is 0 Å². The molecule has 3 heterocycles. The van der Waals surface area contributed by atoms with Gasteiger partial charge in [0.1, 0.15) is 37.0 Å². The quantitative estimate of drug-likeness (QED) is 0.307. The molecule has 12 heteroatoms. The van der Waals surface area contributed by atoms with Crippen molar-refractivity contribution in [2.75, 3.05) is 19.8 Å². The highest BCUT2D eigenvalue weighted by molar-refractivity contribution is 5.63. The van der Waals surface area contributed by atoms with E-state index >= 15 is 0 Å². The van der Waals surface area contributed by atoms with Gasteiger partial charge in [0, 0.05) is 16.7 Å². The van der Waals surface area contributed by atoms with E-state index in [-0.39, 0.29) is 37.8 Å². The number of rotatable bonds is 7. The number of ether oxygens (including phenoxy) is 3. The predicted molar refractivity (Wildman–Crippen MR) is 104 cm³/mol. The van der Waals surface area contributed by atoms with Crippen molar-refractivity contribution in [2.45, 2.75) is 18.8 Å². The van der Waals surface area contributed by atoms with Crippen molar-refractivity contribution in [2.24, 2.45) is 0 Å². The Morgan fingerprint density at radius 1 is 1.16 bits per heavy atom. The van der Waals surface area contributed by atoms with Crippen molar-refractivity contribution in [1.29, 1.82) is 0 Å². The maximum absolute atomic E-state index is 12.6. The van der Waals surface area contributed by atoms with Gasteiger partial charge >= 0.3 is 18.0 Å². The van der Waals surface area contributed by atoms with E-state index in [0.717, 1.165) is 6.07 Å². The van der Waals surface area contributed by atoms with Crippen molar-refractivity contribution in [3.8, 4) is 22.9 Å². The maximum Gasteiger partial charge on any atom is 0.433 e. The molecule has 0 aliphatic carbocycles. The molecule has 1 aliphatic heterocycles. The molecular weight excluding hydrogens is 433 g/mol. The van der Waals surface area contributed by atoms with Crippen LogP contribution >= 0.6 is 0 Å². The fraction of sp³-hybridized carbons (Fsp3) is 0.300. The molecule has 0 saturated heterocycles. The molecule has 4 rings (SSSR count). The third-order valence-corrected chi connectivity index (χ3v) is 4.66. The third-order valence-electron chi connectivity index (χ3n) is 4.66. The molecule has 3 aromatic rings. The van der Waals surface area contributed by atoms with Crippen LogP contribution in [-0.2, 0) is 17.5 Å². The highest BCUT2D eigenvalue weighted by Gasteiger charge is 2.32. The largest absolute Gasteiger partial charge is 0.491 e. The monoisotopic (exact) mass is 450 g/mol. The number of imidazole rings is 1. The number of alkyl halides is 3. The minimum Gasteiger partial charge on any atom is -0.491 e. The van der Waals surface area contributed by atoms with Gasteiger partial charge in [0.25, 0.3) is 0 Å². The van der Waals surface area contributed by atoms with Crippen LogP contribution in [0.25, 0.3) is 11.1 Å². The summed E-state index contributed by atoms with van der Waals surface area (Å²) in [4.78, 5) is 17.4. The number of pyridine rings is 1. The fourth-order valence-corrected chi connectivity index (χ4v) is 3.11. The van der Waals surface area contributed by atoms with E-state index in [2.05, 4.69) is 9.97 Å². The zero-order chi connectivity index (χ0) is 22.7. The smallest absolute Gasteiger partial charge is 0.433 e. The normalized spacial score (nSPS) is 15.7. The van der Waals surface area contributed by atoms with E-state index in [1.54, 1.807) is 24.3 Å². The molecule has 0 N–H and O–H groups in total. The average molecular weight is 450 g/mol. The number of nitrogens with zero attached hydrogens (tertiary/aromatic N) is 4. The maximum atomic E-state index is 12.6. The van der Waals surface area contributed by atoms with Gasteiger partial charge in [-0.25, -0.2) is 0 Å². The number of hydrogen-bond donors (Lipinski definition) is 0. The van der Waals surface area contributed by atoms with Crippen molar-refractivity contribution in [3.63, 3.8) is 0 Å². The molecule has 32 heavy (non-hydrogen) atoms. The fourth-order valence-electron chi connectivity index (χ4n) is 3.11. The van der Waals surface area contributed by atoms with Crippen LogP contribution in [0.3, 0.4) is 0 Å². The predicted octanol–water partition coefficient (Wildman–Crippen LogP) is 3.73. The number of nitro groups is 1. The second-order valence-electron chi connectivity index (χ2n) is 6.90. The molecule has 2 aromatic heterocycles. The molecule has 0 bridgehead atoms. The lowest BCUT2D eigenvalue weighted by Gasteiger charge is -2.22. The average Bonchev–Trinajstić information content (AvgIpc) is 3.21. The van der Waals surface area contributed by atoms with E-state index in [1.807, 2.05) is 0 Å². The number of aromatic nitrogens is 3. The summed E-state index contributed by atoms with van der Waals surface area (Å²) in [6, 6.07) is 9.35. The van der Waals surface area contributed by atoms with Gasteiger partial charge in [-0.2, -0.15) is 13.2 Å². The Morgan fingerprint density at radius 2 is 1.91 bits per heavy atom. The third kappa shape index (κ3) is 4.97. The van der Waals surface area contributed by atoms with Gasteiger partial charge in [-0.05, 0) is 28.7 Å². The first-order valence-electron chi connectivity index (χ1n) is 9.52. The van der Waals surface area contributed by atoms with Crippen LogP contribution in [0.5, 0.6) is 11.8 Å². The van der Waals surface area contributed by atoms with Gasteiger partial charge in [-0.1, -0.05) is 18.2 Å². The molecule has 1 aliphatic rings. The summed E-state index contributed by atoms with van der Waals surface area (Å²) in [5.74, 6) is 0.296. The van der Waals surface area contributed by atoms with Gasteiger partial charge in [-0.15, -0.1) is 0 Å². The zero-order valence-corrected chi connectivity index (χ0v) is 16.5.